The number of aliphatic hydroxyl groups is 1. The van der Waals surface area contributed by atoms with Gasteiger partial charge in [0.1, 0.15) is 12.7 Å². The zero-order valence-electron chi connectivity index (χ0n) is 49.7. The van der Waals surface area contributed by atoms with E-state index in [-0.39, 0.29) is 19.3 Å². The first-order valence-electron chi connectivity index (χ1n) is 30.4. The molecule has 0 radical (unpaired) electrons. The first-order valence-corrected chi connectivity index (χ1v) is 31.9. The number of hydrogen-bond acceptors (Lipinski definition) is 10. The summed E-state index contributed by atoms with van der Waals surface area (Å²) in [6.07, 6.45) is 79.2. The molecule has 0 aliphatic carbocycles. The van der Waals surface area contributed by atoms with E-state index >= 15 is 0 Å². The third kappa shape index (κ3) is 57.8. The summed E-state index contributed by atoms with van der Waals surface area (Å²) in [7, 11) is -4.80. The number of phosphoric acid groups is 1. The second kappa shape index (κ2) is 60.2. The monoisotopic (exact) mass is 1130 g/mol. The van der Waals surface area contributed by atoms with Crippen LogP contribution in [0.25, 0.3) is 0 Å². The topological polar surface area (TPSA) is 155 Å². The van der Waals surface area contributed by atoms with Crippen LogP contribution >= 0.6 is 7.82 Å². The average molecular weight is 1130 g/mol. The molecule has 0 heterocycles. The third-order valence-electron chi connectivity index (χ3n) is 11.9. The van der Waals surface area contributed by atoms with Crippen molar-refractivity contribution >= 4 is 25.7 Å². The Balaban J connectivity index is 4.93. The van der Waals surface area contributed by atoms with Crippen molar-refractivity contribution in [2.75, 3.05) is 26.4 Å². The van der Waals surface area contributed by atoms with Crippen molar-refractivity contribution in [3.05, 3.63) is 158 Å². The zero-order chi connectivity index (χ0) is 58.3. The quantitative estimate of drug-likeness (QED) is 0.0197. The lowest BCUT2D eigenvalue weighted by Crippen LogP contribution is -2.30. The van der Waals surface area contributed by atoms with Crippen molar-refractivity contribution in [3.63, 3.8) is 0 Å². The average Bonchev–Trinajstić information content (AvgIpc) is 3.45. The van der Waals surface area contributed by atoms with Crippen molar-refractivity contribution in [1.29, 1.82) is 0 Å². The van der Waals surface area contributed by atoms with Crippen molar-refractivity contribution < 1.29 is 52.2 Å². The number of ether oxygens (including phenoxy) is 3. The van der Waals surface area contributed by atoms with Gasteiger partial charge < -0.3 is 24.2 Å². The van der Waals surface area contributed by atoms with Crippen molar-refractivity contribution in [2.45, 2.75) is 226 Å². The molecule has 12 heteroatoms. The van der Waals surface area contributed by atoms with Crippen LogP contribution in [0.1, 0.15) is 213 Å². The van der Waals surface area contributed by atoms with E-state index in [2.05, 4.69) is 167 Å². The van der Waals surface area contributed by atoms with Crippen molar-refractivity contribution in [3.8, 4) is 0 Å². The van der Waals surface area contributed by atoms with Gasteiger partial charge in [-0.05, 0) is 135 Å². The number of phosphoric ester groups is 1. The van der Waals surface area contributed by atoms with Gasteiger partial charge in [-0.3, -0.25) is 23.4 Å². The van der Waals surface area contributed by atoms with Gasteiger partial charge in [-0.1, -0.05) is 217 Å². The Bertz CT molecular complexity index is 1950. The lowest BCUT2D eigenvalue weighted by atomic mass is 10.1. The van der Waals surface area contributed by atoms with E-state index < -0.39 is 64.4 Å². The molecule has 0 aromatic rings. The Morgan fingerprint density at radius 2 is 0.675 bits per heavy atom. The SMILES string of the molecule is CC/C=C\C/C=C\C/C=C\C/C=C\C/C=C\C/C=C\CCC(=O)OC(COC(=O)CCCCC/C=C\C/C=C\C/C=C\C/C=C\C/C=C\CC)COP(=O)(O)OCC(CO)OC(=O)CCCCCCC/C=C\C/C=C\CCCCC. The predicted octanol–water partition coefficient (Wildman–Crippen LogP) is 18.5. The van der Waals surface area contributed by atoms with Crippen LogP contribution in [0.15, 0.2) is 158 Å². The van der Waals surface area contributed by atoms with E-state index in [1.165, 1.54) is 19.3 Å². The molecule has 3 unspecified atom stereocenters. The molecule has 11 nitrogen and oxygen atoms in total. The number of aliphatic hydroxyl groups excluding tert-OH is 1. The summed E-state index contributed by atoms with van der Waals surface area (Å²) in [6, 6.07) is 0. The molecule has 0 spiro atoms. The first-order chi connectivity index (χ1) is 39.2. The van der Waals surface area contributed by atoms with Crippen LogP contribution in [0.4, 0.5) is 0 Å². The minimum atomic E-state index is -4.80. The van der Waals surface area contributed by atoms with Gasteiger partial charge in [-0.15, -0.1) is 0 Å². The Hall–Kier alpha value is -4.90. The van der Waals surface area contributed by atoms with Gasteiger partial charge in [0.05, 0.1) is 19.8 Å². The summed E-state index contributed by atoms with van der Waals surface area (Å²) in [5.41, 5.74) is 0. The number of unbranched alkanes of at least 4 members (excludes halogenated alkanes) is 11. The third-order valence-corrected chi connectivity index (χ3v) is 12.9. The number of hydrogen-bond donors (Lipinski definition) is 2. The Morgan fingerprint density at radius 3 is 1.09 bits per heavy atom. The van der Waals surface area contributed by atoms with Gasteiger partial charge >= 0.3 is 25.7 Å². The summed E-state index contributed by atoms with van der Waals surface area (Å²) in [5.74, 6) is -1.64. The van der Waals surface area contributed by atoms with Crippen LogP contribution < -0.4 is 0 Å². The molecule has 450 valence electrons. The molecule has 0 rings (SSSR count). The maximum atomic E-state index is 12.9. The van der Waals surface area contributed by atoms with Crippen LogP contribution in [0.5, 0.6) is 0 Å². The molecule has 0 bridgehead atoms. The van der Waals surface area contributed by atoms with Gasteiger partial charge in [0, 0.05) is 19.3 Å². The maximum Gasteiger partial charge on any atom is 0.472 e. The molecular weight excluding hydrogens is 1020 g/mol. The molecule has 0 saturated heterocycles. The van der Waals surface area contributed by atoms with E-state index in [0.717, 1.165) is 128 Å². The molecule has 0 fully saturated rings. The largest absolute Gasteiger partial charge is 0.472 e. The zero-order valence-corrected chi connectivity index (χ0v) is 50.6. The number of allylic oxidation sites excluding steroid dienone is 26. The molecule has 3 atom stereocenters. The molecular formula is C68H107O11P. The van der Waals surface area contributed by atoms with Crippen LogP contribution in [0.3, 0.4) is 0 Å². The second-order valence-corrected chi connectivity index (χ2v) is 20.8. The molecule has 0 aromatic carbocycles. The smallest absolute Gasteiger partial charge is 0.462 e. The van der Waals surface area contributed by atoms with Gasteiger partial charge in [0.25, 0.3) is 0 Å². The molecule has 0 aliphatic rings. The van der Waals surface area contributed by atoms with Crippen LogP contribution in [-0.4, -0.2) is 66.5 Å². The van der Waals surface area contributed by atoms with E-state index in [4.69, 9.17) is 23.3 Å². The van der Waals surface area contributed by atoms with E-state index in [9.17, 15) is 28.9 Å². The number of carbonyl (C=O) groups excluding carboxylic acids is 3. The Morgan fingerprint density at radius 1 is 0.362 bits per heavy atom. The van der Waals surface area contributed by atoms with E-state index in [1.54, 1.807) is 0 Å². The highest BCUT2D eigenvalue weighted by Crippen LogP contribution is 2.43. The van der Waals surface area contributed by atoms with Crippen molar-refractivity contribution in [2.24, 2.45) is 0 Å². The maximum absolute atomic E-state index is 12.9. The van der Waals surface area contributed by atoms with E-state index in [0.29, 0.717) is 25.7 Å². The van der Waals surface area contributed by atoms with Gasteiger partial charge in [-0.2, -0.15) is 0 Å². The Labute approximate surface area is 485 Å². The van der Waals surface area contributed by atoms with Gasteiger partial charge in [0.2, 0.25) is 0 Å². The number of esters is 3. The summed E-state index contributed by atoms with van der Waals surface area (Å²) in [5, 5.41) is 9.83. The standard InChI is InChI=1S/C68H107O11P/c1-4-7-10-13-16-19-22-25-28-30-32-34-37-39-42-45-48-51-54-57-66(70)75-61-65(79-68(72)59-56-53-50-47-44-41-38-35-33-31-29-26-23-20-17-14-11-8-5-2)63-77-80(73,74)76-62-64(60-69)78-67(71)58-55-52-49-46-43-40-36-27-24-21-18-15-12-9-6-3/h7-8,10-11,16-21,25-29,32-36,39,41-42,44,50,53,64-65,69H,4-6,9,12-15,22-24,30-31,37-38,40,43,45-49,51-52,54-63H2,1-3H3,(H,73,74)/b10-7-,11-8-,19-16-,20-17-,21-18-,28-25-,29-26-,34-32-,35-33-,36-27-,42-39-,44-41-,53-50-. The molecule has 0 saturated carbocycles. The fourth-order valence-electron chi connectivity index (χ4n) is 7.38. The summed E-state index contributed by atoms with van der Waals surface area (Å²) in [4.78, 5) is 48.6. The van der Waals surface area contributed by atoms with Crippen LogP contribution in [-0.2, 0) is 42.2 Å². The minimum absolute atomic E-state index is 0.0243. The molecule has 0 aromatic heterocycles. The van der Waals surface area contributed by atoms with Gasteiger partial charge in [-0.25, -0.2) is 4.57 Å². The van der Waals surface area contributed by atoms with Crippen LogP contribution in [0, 0.1) is 0 Å². The van der Waals surface area contributed by atoms with Crippen molar-refractivity contribution in [1.82, 2.24) is 0 Å². The summed E-state index contributed by atoms with van der Waals surface area (Å²) < 4.78 is 39.5. The predicted molar refractivity (Wildman–Crippen MR) is 334 cm³/mol. The van der Waals surface area contributed by atoms with Crippen LogP contribution in [0.2, 0.25) is 0 Å². The van der Waals surface area contributed by atoms with Gasteiger partial charge in [0.15, 0.2) is 6.10 Å². The lowest BCUT2D eigenvalue weighted by Gasteiger charge is -2.21. The molecule has 0 aliphatic heterocycles. The highest BCUT2D eigenvalue weighted by atomic mass is 31.2. The molecule has 2 N–H and O–H groups in total. The highest BCUT2D eigenvalue weighted by molar-refractivity contribution is 7.47. The fraction of sp³-hybridized carbons (Fsp3) is 0.574. The lowest BCUT2D eigenvalue weighted by molar-refractivity contribution is -0.161. The molecule has 80 heavy (non-hydrogen) atoms. The summed E-state index contributed by atoms with van der Waals surface area (Å²) in [6.45, 7) is 4.23. The highest BCUT2D eigenvalue weighted by Gasteiger charge is 2.28. The number of rotatable bonds is 54. The fourth-order valence-corrected chi connectivity index (χ4v) is 8.16. The van der Waals surface area contributed by atoms with E-state index in [1.807, 2.05) is 12.2 Å². The minimum Gasteiger partial charge on any atom is -0.462 e. The second-order valence-electron chi connectivity index (χ2n) is 19.4. The molecule has 0 amide bonds. The Kier molecular flexibility index (Phi) is 56.5. The first kappa shape index (κ1) is 75.1. The number of carbonyl (C=O) groups is 3. The summed E-state index contributed by atoms with van der Waals surface area (Å²) >= 11 is 0. The normalized spacial score (nSPS) is 14.4.